The van der Waals surface area contributed by atoms with Gasteiger partial charge in [0, 0.05) is 6.42 Å². The van der Waals surface area contributed by atoms with Crippen LogP contribution in [0.5, 0.6) is 0 Å². The Balaban J connectivity index is 3.99. The van der Waals surface area contributed by atoms with Gasteiger partial charge in [0.2, 0.25) is 5.91 Å². The van der Waals surface area contributed by atoms with Crippen molar-refractivity contribution in [2.45, 2.75) is 373 Å². The molecule has 0 heterocycles. The number of allylic oxidation sites excluding steroid dienone is 13. The van der Waals surface area contributed by atoms with E-state index in [2.05, 4.69) is 92.1 Å². The lowest BCUT2D eigenvalue weighted by Gasteiger charge is -2.25. The van der Waals surface area contributed by atoms with Crippen LogP contribution in [0.4, 0.5) is 0 Å². The average molecular weight is 1250 g/mol. The fourth-order valence-electron chi connectivity index (χ4n) is 11.3. The molecule has 0 aliphatic rings. The van der Waals surface area contributed by atoms with Crippen molar-refractivity contribution in [2.75, 3.05) is 40.9 Å². The molecule has 0 fully saturated rings. The monoisotopic (exact) mass is 1250 g/mol. The highest BCUT2D eigenvalue weighted by Gasteiger charge is 2.28. The molecule has 0 radical (unpaired) electrons. The minimum absolute atomic E-state index is 0.0615. The molecule has 3 N–H and O–H groups in total. The lowest BCUT2D eigenvalue weighted by atomic mass is 10.0. The van der Waals surface area contributed by atoms with Crippen LogP contribution >= 0.6 is 7.82 Å². The van der Waals surface area contributed by atoms with E-state index in [0.717, 1.165) is 77.0 Å². The molecule has 3 unspecified atom stereocenters. The number of carbonyl (C=O) groups excluding carboxylic acids is 1. The molecular weight excluding hydrogens is 1100 g/mol. The maximum absolute atomic E-state index is 13.1. The van der Waals surface area contributed by atoms with Crippen molar-refractivity contribution < 1.29 is 32.9 Å². The molecule has 3 atom stereocenters. The molecule has 1 amide bonds. The number of hydrogen-bond acceptors (Lipinski definition) is 5. The van der Waals surface area contributed by atoms with Gasteiger partial charge in [-0.15, -0.1) is 0 Å². The van der Waals surface area contributed by atoms with Gasteiger partial charge in [-0.1, -0.05) is 369 Å². The number of unbranched alkanes of at least 4 members (excludes halogenated alkanes) is 45. The second-order valence-corrected chi connectivity index (χ2v) is 28.5. The second kappa shape index (κ2) is 69.0. The molecule has 0 aromatic rings. The number of phosphoric ester groups is 1. The molecule has 9 heteroatoms. The van der Waals surface area contributed by atoms with Crippen LogP contribution in [0.25, 0.3) is 0 Å². The van der Waals surface area contributed by atoms with Crippen LogP contribution in [-0.2, 0) is 18.4 Å². The van der Waals surface area contributed by atoms with Crippen LogP contribution in [0.15, 0.2) is 85.1 Å². The summed E-state index contributed by atoms with van der Waals surface area (Å²) < 4.78 is 23.9. The van der Waals surface area contributed by atoms with E-state index in [9.17, 15) is 19.4 Å². The van der Waals surface area contributed by atoms with Gasteiger partial charge < -0.3 is 19.8 Å². The standard InChI is InChI=1S/C79H147N2O6P/c1-6-8-10-12-14-16-18-20-22-24-26-28-30-32-34-35-36-37-38-39-40-41-42-43-44-45-47-49-51-53-55-57-59-61-63-65-67-69-71-73-79(83)80-77(76-87-88(84,85)86-75-74-81(3,4)5)78(82)72-70-68-66-64-62-60-58-56-54-52-50-48-46-33-31-29-27-25-23-21-19-17-15-13-11-9-7-2/h8,10,14,16,20,22,26,28,32,34,36-37,70,72,77-78,82H,6-7,9,11-13,15,17-19,21,23-25,27,29-31,33,35,38-69,71,73-76H2,1-5H3,(H-,80,83,84,85)/p+1/b10-8-,16-14-,22-20-,28-26-,34-32-,37-36-,72-70+. The minimum atomic E-state index is -4.36. The first-order valence-corrected chi connectivity index (χ1v) is 39.5. The smallest absolute Gasteiger partial charge is 0.387 e. The van der Waals surface area contributed by atoms with E-state index in [0.29, 0.717) is 17.4 Å². The predicted octanol–water partition coefficient (Wildman–Crippen LogP) is 24.7. The number of aliphatic hydroxyl groups excluding tert-OH is 1. The van der Waals surface area contributed by atoms with Gasteiger partial charge in [0.05, 0.1) is 39.9 Å². The van der Waals surface area contributed by atoms with Crippen LogP contribution in [-0.4, -0.2) is 73.4 Å². The van der Waals surface area contributed by atoms with Crippen molar-refractivity contribution in [1.82, 2.24) is 5.32 Å². The van der Waals surface area contributed by atoms with E-state index < -0.39 is 20.0 Å². The summed E-state index contributed by atoms with van der Waals surface area (Å²) in [6.07, 6.45) is 98.9. The van der Waals surface area contributed by atoms with Gasteiger partial charge in [0.25, 0.3) is 0 Å². The Morgan fingerprint density at radius 3 is 1.00 bits per heavy atom. The summed E-state index contributed by atoms with van der Waals surface area (Å²) in [6.45, 7) is 4.75. The quantitative estimate of drug-likeness (QED) is 0.0243. The van der Waals surface area contributed by atoms with Crippen molar-refractivity contribution in [1.29, 1.82) is 0 Å². The van der Waals surface area contributed by atoms with Gasteiger partial charge in [0.1, 0.15) is 13.2 Å². The van der Waals surface area contributed by atoms with Crippen molar-refractivity contribution in [3.8, 4) is 0 Å². The van der Waals surface area contributed by atoms with E-state index >= 15 is 0 Å². The number of phosphoric acid groups is 1. The Morgan fingerprint density at radius 1 is 0.398 bits per heavy atom. The first kappa shape index (κ1) is 85.7. The van der Waals surface area contributed by atoms with E-state index in [1.165, 1.54) is 263 Å². The number of rotatable bonds is 70. The molecule has 514 valence electrons. The summed E-state index contributed by atoms with van der Waals surface area (Å²) in [5.41, 5.74) is 0. The maximum atomic E-state index is 13.1. The van der Waals surface area contributed by atoms with Crippen molar-refractivity contribution in [3.63, 3.8) is 0 Å². The second-order valence-electron chi connectivity index (χ2n) is 27.0. The van der Waals surface area contributed by atoms with Crippen LogP contribution in [0.1, 0.15) is 361 Å². The SMILES string of the molecule is CC/C=C\C/C=C\C/C=C\C/C=C\C/C=C\C/C=C\CCCCCCCCCCCCCCCCCCCCCCC(=O)NC(COP(=O)(O)OCC[N+](C)(C)C)C(O)/C=C/CCCCCCCCCCCCCCCCCCCCCCCCCCC. The van der Waals surface area contributed by atoms with E-state index in [1.54, 1.807) is 6.08 Å². The largest absolute Gasteiger partial charge is 0.472 e. The molecule has 0 rings (SSSR count). The zero-order valence-corrected chi connectivity index (χ0v) is 59.9. The molecule has 0 bridgehead atoms. The van der Waals surface area contributed by atoms with Crippen molar-refractivity contribution in [3.05, 3.63) is 85.1 Å². The molecule has 0 spiro atoms. The lowest BCUT2D eigenvalue weighted by Crippen LogP contribution is -2.45. The highest BCUT2D eigenvalue weighted by Crippen LogP contribution is 2.43. The Labute approximate surface area is 547 Å². The third-order valence-corrected chi connectivity index (χ3v) is 18.1. The van der Waals surface area contributed by atoms with Gasteiger partial charge >= 0.3 is 7.82 Å². The molecule has 0 aliphatic carbocycles. The van der Waals surface area contributed by atoms with Gasteiger partial charge in [-0.05, 0) is 70.6 Å². The van der Waals surface area contributed by atoms with E-state index in [-0.39, 0.29) is 19.1 Å². The Kier molecular flexibility index (Phi) is 67.2. The molecule has 0 aliphatic heterocycles. The average Bonchev–Trinajstić information content (AvgIpc) is 3.70. The highest BCUT2D eigenvalue weighted by molar-refractivity contribution is 7.47. The summed E-state index contributed by atoms with van der Waals surface area (Å²) >= 11 is 0. The Bertz CT molecular complexity index is 1710. The zero-order chi connectivity index (χ0) is 64.1. The van der Waals surface area contributed by atoms with Crippen LogP contribution in [0.2, 0.25) is 0 Å². The van der Waals surface area contributed by atoms with E-state index in [4.69, 9.17) is 9.05 Å². The third-order valence-electron chi connectivity index (χ3n) is 17.1. The Morgan fingerprint density at radius 2 is 0.682 bits per heavy atom. The number of nitrogens with zero attached hydrogens (tertiary/aromatic N) is 1. The third kappa shape index (κ3) is 71.1. The number of aliphatic hydroxyl groups is 1. The van der Waals surface area contributed by atoms with Crippen LogP contribution < -0.4 is 5.32 Å². The maximum Gasteiger partial charge on any atom is 0.472 e. The molecule has 0 saturated heterocycles. The summed E-state index contributed by atoms with van der Waals surface area (Å²) in [4.78, 5) is 23.5. The molecule has 0 saturated carbocycles. The predicted molar refractivity (Wildman–Crippen MR) is 387 cm³/mol. The zero-order valence-electron chi connectivity index (χ0n) is 59.0. The molecule has 0 aromatic carbocycles. The molecular formula is C79H148N2O6P+. The van der Waals surface area contributed by atoms with Gasteiger partial charge in [0.15, 0.2) is 0 Å². The minimum Gasteiger partial charge on any atom is -0.387 e. The number of hydrogen-bond donors (Lipinski definition) is 3. The molecule has 88 heavy (non-hydrogen) atoms. The normalized spacial score (nSPS) is 14.0. The number of carbonyl (C=O) groups is 1. The first-order valence-electron chi connectivity index (χ1n) is 38.0. The fraction of sp³-hybridized carbons (Fsp3) is 0.810. The van der Waals surface area contributed by atoms with Crippen molar-refractivity contribution in [2.24, 2.45) is 0 Å². The van der Waals surface area contributed by atoms with Gasteiger partial charge in [-0.3, -0.25) is 13.8 Å². The summed E-state index contributed by atoms with van der Waals surface area (Å²) in [6, 6.07) is -0.850. The van der Waals surface area contributed by atoms with Crippen LogP contribution in [0, 0.1) is 0 Å². The fourth-order valence-corrected chi connectivity index (χ4v) is 12.0. The van der Waals surface area contributed by atoms with Gasteiger partial charge in [-0.25, -0.2) is 4.57 Å². The number of amides is 1. The van der Waals surface area contributed by atoms with E-state index in [1.807, 2.05) is 27.2 Å². The number of nitrogens with one attached hydrogen (secondary N) is 1. The number of likely N-dealkylation sites (N-methyl/N-ethyl adjacent to an activating group) is 1. The highest BCUT2D eigenvalue weighted by atomic mass is 31.2. The molecule has 0 aromatic heterocycles. The summed E-state index contributed by atoms with van der Waals surface area (Å²) in [5.74, 6) is -0.172. The molecule has 8 nitrogen and oxygen atoms in total. The van der Waals surface area contributed by atoms with Crippen molar-refractivity contribution >= 4 is 13.7 Å². The topological polar surface area (TPSA) is 105 Å². The number of quaternary nitrogens is 1. The lowest BCUT2D eigenvalue weighted by molar-refractivity contribution is -0.870. The summed E-state index contributed by atoms with van der Waals surface area (Å²) in [5, 5.41) is 14.0. The van der Waals surface area contributed by atoms with Gasteiger partial charge in [-0.2, -0.15) is 0 Å². The Hall–Kier alpha value is -2.32. The first-order chi connectivity index (χ1) is 43.0. The van der Waals surface area contributed by atoms with Crippen LogP contribution in [0.3, 0.4) is 0 Å². The summed E-state index contributed by atoms with van der Waals surface area (Å²) in [7, 11) is 1.58.